The molecular weight excluding hydrogens is 326 g/mol. The number of rotatable bonds is 7. The van der Waals surface area contributed by atoms with Gasteiger partial charge in [0.1, 0.15) is 18.1 Å². The predicted molar refractivity (Wildman–Crippen MR) is 89.5 cm³/mol. The Morgan fingerprint density at radius 2 is 2.12 bits per heavy atom. The van der Waals surface area contributed by atoms with Crippen LogP contribution < -0.4 is 9.47 Å². The van der Waals surface area contributed by atoms with E-state index in [0.29, 0.717) is 30.0 Å². The summed E-state index contributed by atoms with van der Waals surface area (Å²) in [4.78, 5) is 25.3. The molecule has 2 aromatic rings. The van der Waals surface area contributed by atoms with Gasteiger partial charge in [-0.2, -0.15) is 0 Å². The van der Waals surface area contributed by atoms with Crippen molar-refractivity contribution in [1.82, 2.24) is 4.98 Å². The first-order chi connectivity index (χ1) is 12.1. The summed E-state index contributed by atoms with van der Waals surface area (Å²) in [5, 5.41) is 10.0. The van der Waals surface area contributed by atoms with Crippen LogP contribution in [0.25, 0.3) is 10.9 Å². The van der Waals surface area contributed by atoms with Gasteiger partial charge in [0.25, 0.3) is 0 Å². The third-order valence-electron chi connectivity index (χ3n) is 4.38. The molecule has 1 unspecified atom stereocenters. The van der Waals surface area contributed by atoms with Crippen LogP contribution in [-0.4, -0.2) is 36.4 Å². The first kappa shape index (κ1) is 17.4. The lowest BCUT2D eigenvalue weighted by Crippen LogP contribution is -2.16. The van der Waals surface area contributed by atoms with E-state index in [1.165, 1.54) is 7.11 Å². The molecule has 1 saturated carbocycles. The van der Waals surface area contributed by atoms with Crippen LogP contribution in [0.2, 0.25) is 0 Å². The smallest absolute Gasteiger partial charge is 0.306 e. The Bertz CT molecular complexity index is 763. The number of fused-ring (bicyclic) bond motifs is 1. The number of benzene rings is 1. The Morgan fingerprint density at radius 3 is 2.80 bits per heavy atom. The molecule has 1 aliphatic rings. The SMILES string of the molecule is COOCc1cc(OC2CC[C@H](C(=O)O)C2)c2ccc(OC)cc2n1. The highest BCUT2D eigenvalue weighted by Crippen LogP contribution is 2.34. The number of carbonyl (C=O) groups is 1. The van der Waals surface area contributed by atoms with Crippen LogP contribution >= 0.6 is 0 Å². The van der Waals surface area contributed by atoms with Crippen molar-refractivity contribution in [2.75, 3.05) is 14.2 Å². The Balaban J connectivity index is 1.90. The quantitative estimate of drug-likeness (QED) is 0.608. The minimum absolute atomic E-state index is 0.120. The first-order valence-corrected chi connectivity index (χ1v) is 8.13. The number of carboxylic acid groups (broad SMARTS) is 1. The molecule has 1 fully saturated rings. The summed E-state index contributed by atoms with van der Waals surface area (Å²) >= 11 is 0. The fourth-order valence-corrected chi connectivity index (χ4v) is 3.10. The summed E-state index contributed by atoms with van der Waals surface area (Å²) in [5.74, 6) is 0.264. The monoisotopic (exact) mass is 347 g/mol. The van der Waals surface area contributed by atoms with E-state index >= 15 is 0 Å². The van der Waals surface area contributed by atoms with Crippen molar-refractivity contribution in [3.05, 3.63) is 30.0 Å². The average Bonchev–Trinajstić information content (AvgIpc) is 3.08. The third-order valence-corrected chi connectivity index (χ3v) is 4.38. The lowest BCUT2D eigenvalue weighted by molar-refractivity contribution is -0.282. The van der Waals surface area contributed by atoms with E-state index in [0.717, 1.165) is 17.3 Å². The molecule has 1 heterocycles. The summed E-state index contributed by atoms with van der Waals surface area (Å²) in [7, 11) is 3.03. The Hall–Kier alpha value is -2.38. The summed E-state index contributed by atoms with van der Waals surface area (Å²) in [6, 6.07) is 7.37. The molecule has 3 rings (SSSR count). The maximum absolute atomic E-state index is 11.1. The van der Waals surface area contributed by atoms with Crippen molar-refractivity contribution in [2.24, 2.45) is 5.92 Å². The van der Waals surface area contributed by atoms with E-state index in [-0.39, 0.29) is 18.6 Å². The number of aromatic nitrogens is 1. The molecule has 25 heavy (non-hydrogen) atoms. The highest BCUT2D eigenvalue weighted by Gasteiger charge is 2.31. The van der Waals surface area contributed by atoms with Gasteiger partial charge in [0, 0.05) is 17.5 Å². The molecule has 1 aromatic carbocycles. The van der Waals surface area contributed by atoms with Crippen molar-refractivity contribution in [3.63, 3.8) is 0 Å². The van der Waals surface area contributed by atoms with Crippen molar-refractivity contribution < 1.29 is 29.1 Å². The molecule has 134 valence electrons. The molecule has 0 radical (unpaired) electrons. The molecule has 2 atom stereocenters. The van der Waals surface area contributed by atoms with Gasteiger partial charge in [0.05, 0.1) is 37.5 Å². The van der Waals surface area contributed by atoms with Crippen LogP contribution in [0, 0.1) is 5.92 Å². The van der Waals surface area contributed by atoms with E-state index in [4.69, 9.17) is 19.5 Å². The second-order valence-corrected chi connectivity index (χ2v) is 6.01. The Labute approximate surface area is 145 Å². The number of pyridine rings is 1. The number of ether oxygens (including phenoxy) is 2. The number of methoxy groups -OCH3 is 1. The van der Waals surface area contributed by atoms with Gasteiger partial charge in [0.2, 0.25) is 0 Å². The number of hydrogen-bond acceptors (Lipinski definition) is 6. The van der Waals surface area contributed by atoms with Gasteiger partial charge in [-0.1, -0.05) is 0 Å². The fraction of sp³-hybridized carbons (Fsp3) is 0.444. The lowest BCUT2D eigenvalue weighted by atomic mass is 10.1. The van der Waals surface area contributed by atoms with E-state index < -0.39 is 5.97 Å². The highest BCUT2D eigenvalue weighted by atomic mass is 17.2. The first-order valence-electron chi connectivity index (χ1n) is 8.13. The number of nitrogens with zero attached hydrogens (tertiary/aromatic N) is 1. The van der Waals surface area contributed by atoms with E-state index in [2.05, 4.69) is 9.87 Å². The fourth-order valence-electron chi connectivity index (χ4n) is 3.10. The van der Waals surface area contributed by atoms with Crippen LogP contribution in [0.4, 0.5) is 0 Å². The van der Waals surface area contributed by atoms with Crippen LogP contribution in [-0.2, 0) is 21.2 Å². The molecule has 7 nitrogen and oxygen atoms in total. The molecule has 1 aromatic heterocycles. The topological polar surface area (TPSA) is 87.1 Å². The van der Waals surface area contributed by atoms with Gasteiger partial charge < -0.3 is 14.6 Å². The predicted octanol–water partition coefficient (Wildman–Crippen LogP) is 2.95. The maximum atomic E-state index is 11.1. The average molecular weight is 347 g/mol. The molecule has 1 N–H and O–H groups in total. The Morgan fingerprint density at radius 1 is 1.28 bits per heavy atom. The molecule has 0 saturated heterocycles. The maximum Gasteiger partial charge on any atom is 0.306 e. The molecule has 0 spiro atoms. The third kappa shape index (κ3) is 4.00. The van der Waals surface area contributed by atoms with Crippen molar-refractivity contribution in [3.8, 4) is 11.5 Å². The minimum atomic E-state index is -0.760. The molecule has 0 bridgehead atoms. The van der Waals surface area contributed by atoms with Gasteiger partial charge in [-0.05, 0) is 31.4 Å². The van der Waals surface area contributed by atoms with Crippen molar-refractivity contribution in [1.29, 1.82) is 0 Å². The lowest BCUT2D eigenvalue weighted by Gasteiger charge is -2.17. The second-order valence-electron chi connectivity index (χ2n) is 6.01. The second kappa shape index (κ2) is 7.67. The minimum Gasteiger partial charge on any atom is -0.497 e. The van der Waals surface area contributed by atoms with Gasteiger partial charge in [-0.25, -0.2) is 14.8 Å². The van der Waals surface area contributed by atoms with Gasteiger partial charge in [0.15, 0.2) is 0 Å². The van der Waals surface area contributed by atoms with E-state index in [1.807, 2.05) is 24.3 Å². The highest BCUT2D eigenvalue weighted by molar-refractivity contribution is 5.86. The summed E-state index contributed by atoms with van der Waals surface area (Å²) in [6.07, 6.45) is 1.75. The van der Waals surface area contributed by atoms with Crippen LogP contribution in [0.1, 0.15) is 25.0 Å². The van der Waals surface area contributed by atoms with Crippen LogP contribution in [0.15, 0.2) is 24.3 Å². The molecule has 0 amide bonds. The standard InChI is InChI=1S/C18H21NO6/c1-22-13-5-6-15-16(9-13)19-12(10-24-23-2)8-17(15)25-14-4-3-11(7-14)18(20)21/h5-6,8-9,11,14H,3-4,7,10H2,1-2H3,(H,20,21)/t11-,14?/m0/s1. The molecule has 7 heteroatoms. The van der Waals surface area contributed by atoms with Crippen LogP contribution in [0.3, 0.4) is 0 Å². The molecule has 1 aliphatic carbocycles. The van der Waals surface area contributed by atoms with Gasteiger partial charge in [-0.15, -0.1) is 0 Å². The van der Waals surface area contributed by atoms with Gasteiger partial charge in [-0.3, -0.25) is 4.79 Å². The number of hydrogen-bond donors (Lipinski definition) is 1. The number of carboxylic acids is 1. The van der Waals surface area contributed by atoms with Crippen molar-refractivity contribution >= 4 is 16.9 Å². The summed E-state index contributed by atoms with van der Waals surface area (Å²) in [5.41, 5.74) is 1.38. The summed E-state index contributed by atoms with van der Waals surface area (Å²) in [6.45, 7) is 0.183. The summed E-state index contributed by atoms with van der Waals surface area (Å²) < 4.78 is 11.4. The van der Waals surface area contributed by atoms with E-state index in [1.54, 1.807) is 7.11 Å². The largest absolute Gasteiger partial charge is 0.497 e. The van der Waals surface area contributed by atoms with Crippen LogP contribution in [0.5, 0.6) is 11.5 Å². The normalized spacial score (nSPS) is 19.9. The zero-order chi connectivity index (χ0) is 17.8. The number of aliphatic carboxylic acids is 1. The molecule has 0 aliphatic heterocycles. The molecular formula is C18H21NO6. The van der Waals surface area contributed by atoms with Gasteiger partial charge >= 0.3 is 5.97 Å². The zero-order valence-corrected chi connectivity index (χ0v) is 14.2. The van der Waals surface area contributed by atoms with E-state index in [9.17, 15) is 4.79 Å². The zero-order valence-electron chi connectivity index (χ0n) is 14.2. The van der Waals surface area contributed by atoms with Crippen molar-refractivity contribution in [2.45, 2.75) is 32.0 Å². The Kier molecular flexibility index (Phi) is 5.35.